The van der Waals surface area contributed by atoms with E-state index in [9.17, 15) is 10.2 Å². The lowest BCUT2D eigenvalue weighted by Gasteiger charge is -2.20. The van der Waals surface area contributed by atoms with Crippen molar-refractivity contribution in [1.82, 2.24) is 4.90 Å². The second-order valence-electron chi connectivity index (χ2n) is 9.33. The van der Waals surface area contributed by atoms with E-state index in [1.807, 2.05) is 30.3 Å². The normalized spacial score (nSPS) is 14.3. The monoisotopic (exact) mass is 471 g/mol. The summed E-state index contributed by atoms with van der Waals surface area (Å²) >= 11 is 0. The van der Waals surface area contributed by atoms with E-state index < -0.39 is 0 Å². The molecule has 2 N–H and O–H groups in total. The molecule has 4 heteroatoms. The van der Waals surface area contributed by atoms with Crippen LogP contribution in [0, 0.1) is 0 Å². The molecule has 1 fully saturated rings. The number of benzene rings is 3. The highest BCUT2D eigenvalue weighted by atomic mass is 16.5. The maximum Gasteiger partial charge on any atom is 0.119 e. The summed E-state index contributed by atoms with van der Waals surface area (Å²) in [4.78, 5) is 2.52. The number of phenolic OH excluding ortho intramolecular Hbond substituents is 2. The van der Waals surface area contributed by atoms with Crippen LogP contribution in [0.3, 0.4) is 0 Å². The molecule has 0 radical (unpaired) electrons. The van der Waals surface area contributed by atoms with Crippen molar-refractivity contribution in [3.63, 3.8) is 0 Å². The molecular formula is C31H37NO3. The average Bonchev–Trinajstić information content (AvgIpc) is 3.15. The fourth-order valence-corrected chi connectivity index (χ4v) is 4.86. The Bertz CT molecular complexity index is 1050. The lowest BCUT2D eigenvalue weighted by atomic mass is 9.87. The molecule has 1 saturated heterocycles. The Balaban J connectivity index is 1.65. The fraction of sp³-hybridized carbons (Fsp3) is 0.355. The van der Waals surface area contributed by atoms with E-state index in [2.05, 4.69) is 30.0 Å². The summed E-state index contributed by atoms with van der Waals surface area (Å²) < 4.78 is 6.21. The molecule has 0 aliphatic carbocycles. The number of ether oxygens (including phenoxy) is 1. The zero-order valence-electron chi connectivity index (χ0n) is 20.7. The lowest BCUT2D eigenvalue weighted by Crippen LogP contribution is -2.29. The summed E-state index contributed by atoms with van der Waals surface area (Å²) in [5.41, 5.74) is 5.53. The predicted molar refractivity (Wildman–Crippen MR) is 144 cm³/mol. The number of likely N-dealkylation sites (tertiary alicyclic amines) is 1. The van der Waals surface area contributed by atoms with Crippen LogP contribution in [0.2, 0.25) is 0 Å². The maximum atomic E-state index is 9.86. The first-order valence-electron chi connectivity index (χ1n) is 12.9. The lowest BCUT2D eigenvalue weighted by molar-refractivity contribution is 0.214. The molecule has 4 rings (SSSR count). The Morgan fingerprint density at radius 1 is 0.771 bits per heavy atom. The van der Waals surface area contributed by atoms with Crippen LogP contribution in [0.4, 0.5) is 0 Å². The Morgan fingerprint density at radius 2 is 1.37 bits per heavy atom. The third-order valence-electron chi connectivity index (χ3n) is 6.67. The van der Waals surface area contributed by atoms with E-state index in [-0.39, 0.29) is 11.5 Å². The number of rotatable bonds is 9. The number of nitrogens with zero attached hydrogens (tertiary/aromatic N) is 1. The molecule has 35 heavy (non-hydrogen) atoms. The minimum atomic E-state index is 0.246. The predicted octanol–water partition coefficient (Wildman–Crippen LogP) is 7.11. The molecule has 1 heterocycles. The minimum absolute atomic E-state index is 0.246. The number of phenols is 2. The van der Waals surface area contributed by atoms with E-state index in [0.717, 1.165) is 47.4 Å². The highest BCUT2D eigenvalue weighted by molar-refractivity contribution is 5.98. The Kier molecular flexibility index (Phi) is 8.85. The van der Waals surface area contributed by atoms with Gasteiger partial charge in [-0.3, -0.25) is 4.90 Å². The Morgan fingerprint density at radius 3 is 1.94 bits per heavy atom. The van der Waals surface area contributed by atoms with Crippen molar-refractivity contribution < 1.29 is 14.9 Å². The molecule has 184 valence electrons. The quantitative estimate of drug-likeness (QED) is 0.327. The van der Waals surface area contributed by atoms with Crippen LogP contribution in [-0.4, -0.2) is 41.4 Å². The maximum absolute atomic E-state index is 9.86. The number of aromatic hydroxyl groups is 2. The van der Waals surface area contributed by atoms with Crippen LogP contribution in [0.25, 0.3) is 11.1 Å². The molecule has 0 bridgehead atoms. The molecular weight excluding hydrogens is 434 g/mol. The van der Waals surface area contributed by atoms with Gasteiger partial charge in [0.15, 0.2) is 0 Å². The molecule has 0 aromatic heterocycles. The van der Waals surface area contributed by atoms with Gasteiger partial charge in [-0.1, -0.05) is 62.6 Å². The molecule has 3 aromatic carbocycles. The van der Waals surface area contributed by atoms with Crippen LogP contribution in [-0.2, 0) is 0 Å². The third-order valence-corrected chi connectivity index (χ3v) is 6.67. The van der Waals surface area contributed by atoms with Gasteiger partial charge in [-0.25, -0.2) is 0 Å². The second kappa shape index (κ2) is 12.5. The Labute approximate surface area is 209 Å². The van der Waals surface area contributed by atoms with Gasteiger partial charge in [0.05, 0.1) is 0 Å². The molecule has 4 nitrogen and oxygen atoms in total. The first-order valence-corrected chi connectivity index (χ1v) is 12.9. The summed E-state index contributed by atoms with van der Waals surface area (Å²) in [6.07, 6.45) is 7.16. The molecule has 1 aliphatic rings. The molecule has 1 aliphatic heterocycles. The van der Waals surface area contributed by atoms with Crippen molar-refractivity contribution in [2.24, 2.45) is 0 Å². The van der Waals surface area contributed by atoms with Gasteiger partial charge >= 0.3 is 0 Å². The van der Waals surface area contributed by atoms with Crippen molar-refractivity contribution in [1.29, 1.82) is 0 Å². The van der Waals surface area contributed by atoms with Gasteiger partial charge in [0.1, 0.15) is 23.9 Å². The zero-order chi connectivity index (χ0) is 24.5. The number of allylic oxidation sites excluding steroid dienone is 1. The molecule has 0 spiro atoms. The summed E-state index contributed by atoms with van der Waals surface area (Å²) in [6.45, 7) is 6.20. The van der Waals surface area contributed by atoms with Gasteiger partial charge in [0, 0.05) is 6.54 Å². The van der Waals surface area contributed by atoms with Gasteiger partial charge in [0.25, 0.3) is 0 Å². The SMILES string of the molecule is CCCC(=C(c1ccc(O)cc1)c1ccc(O)cc1)c1cccc(OCCN2CCCCCC2)c1. The van der Waals surface area contributed by atoms with Gasteiger partial charge < -0.3 is 14.9 Å². The van der Waals surface area contributed by atoms with Crippen LogP contribution in [0.15, 0.2) is 72.8 Å². The highest BCUT2D eigenvalue weighted by Gasteiger charge is 2.15. The summed E-state index contributed by atoms with van der Waals surface area (Å²) in [5.74, 6) is 1.38. The molecule has 3 aromatic rings. The largest absolute Gasteiger partial charge is 0.508 e. The van der Waals surface area contributed by atoms with E-state index >= 15 is 0 Å². The molecule has 0 amide bonds. The van der Waals surface area contributed by atoms with E-state index in [4.69, 9.17) is 4.74 Å². The van der Waals surface area contributed by atoms with Crippen LogP contribution >= 0.6 is 0 Å². The minimum Gasteiger partial charge on any atom is -0.508 e. The van der Waals surface area contributed by atoms with E-state index in [1.54, 1.807) is 24.3 Å². The second-order valence-corrected chi connectivity index (χ2v) is 9.33. The highest BCUT2D eigenvalue weighted by Crippen LogP contribution is 2.37. The van der Waals surface area contributed by atoms with E-state index in [0.29, 0.717) is 6.61 Å². The molecule has 0 unspecified atom stereocenters. The number of hydrogen-bond donors (Lipinski definition) is 2. The van der Waals surface area contributed by atoms with Crippen LogP contribution in [0.1, 0.15) is 62.1 Å². The first kappa shape index (κ1) is 24.9. The van der Waals surface area contributed by atoms with Crippen molar-refractivity contribution in [3.05, 3.63) is 89.5 Å². The average molecular weight is 472 g/mol. The van der Waals surface area contributed by atoms with Gasteiger partial charge in [-0.2, -0.15) is 0 Å². The standard InChI is InChI=1S/C31H37NO3/c1-2-8-30(31(24-11-15-27(33)16-12-24)25-13-17-28(34)18-14-25)26-9-7-10-29(23-26)35-22-21-32-19-5-3-4-6-20-32/h7,9-18,23,33-34H,2-6,8,19-22H2,1H3. The van der Waals surface area contributed by atoms with Crippen LogP contribution in [0.5, 0.6) is 17.2 Å². The summed E-state index contributed by atoms with van der Waals surface area (Å²) in [5, 5.41) is 19.7. The summed E-state index contributed by atoms with van der Waals surface area (Å²) in [7, 11) is 0. The van der Waals surface area contributed by atoms with Crippen molar-refractivity contribution in [2.75, 3.05) is 26.2 Å². The van der Waals surface area contributed by atoms with Crippen molar-refractivity contribution in [3.8, 4) is 17.2 Å². The van der Waals surface area contributed by atoms with E-state index in [1.165, 1.54) is 44.3 Å². The van der Waals surface area contributed by atoms with Gasteiger partial charge in [-0.05, 0) is 96.6 Å². The van der Waals surface area contributed by atoms with Crippen molar-refractivity contribution in [2.45, 2.75) is 45.4 Å². The van der Waals surface area contributed by atoms with Gasteiger partial charge in [-0.15, -0.1) is 0 Å². The molecule has 0 saturated carbocycles. The van der Waals surface area contributed by atoms with Crippen LogP contribution < -0.4 is 4.74 Å². The third kappa shape index (κ3) is 6.89. The number of hydrogen-bond acceptors (Lipinski definition) is 4. The van der Waals surface area contributed by atoms with Gasteiger partial charge in [0.2, 0.25) is 0 Å². The zero-order valence-corrected chi connectivity index (χ0v) is 20.7. The first-order chi connectivity index (χ1) is 17.1. The fourth-order valence-electron chi connectivity index (χ4n) is 4.86. The summed E-state index contributed by atoms with van der Waals surface area (Å²) in [6, 6.07) is 23.1. The smallest absolute Gasteiger partial charge is 0.119 e. The Hall–Kier alpha value is -3.24. The topological polar surface area (TPSA) is 52.9 Å². The van der Waals surface area contributed by atoms with Crippen molar-refractivity contribution >= 4 is 11.1 Å². The molecule has 0 atom stereocenters.